The summed E-state index contributed by atoms with van der Waals surface area (Å²) in [5.74, 6) is -0.639. The highest BCUT2D eigenvalue weighted by Gasteiger charge is 2.45. The van der Waals surface area contributed by atoms with E-state index in [1.807, 2.05) is 0 Å². The Bertz CT molecular complexity index is 1010. The van der Waals surface area contributed by atoms with Gasteiger partial charge in [0.05, 0.1) is 12.6 Å². The number of ether oxygens (including phenoxy) is 2. The van der Waals surface area contributed by atoms with Crippen molar-refractivity contribution in [3.63, 3.8) is 0 Å². The molecule has 1 aliphatic heterocycles. The second kappa shape index (κ2) is 10.6. The fourth-order valence-electron chi connectivity index (χ4n) is 3.33. The number of rotatable bonds is 7. The van der Waals surface area contributed by atoms with Crippen molar-refractivity contribution in [2.24, 2.45) is 0 Å². The van der Waals surface area contributed by atoms with Crippen LogP contribution >= 0.6 is 11.6 Å². The summed E-state index contributed by atoms with van der Waals surface area (Å²) in [7, 11) is 0. The van der Waals surface area contributed by atoms with Crippen molar-refractivity contribution in [3.05, 3.63) is 70.1 Å². The lowest BCUT2D eigenvalue weighted by atomic mass is 9.96. The van der Waals surface area contributed by atoms with Crippen LogP contribution in [0.2, 0.25) is 5.02 Å². The van der Waals surface area contributed by atoms with E-state index in [0.29, 0.717) is 10.8 Å². The van der Waals surface area contributed by atoms with Crippen LogP contribution in [-0.4, -0.2) is 52.6 Å². The van der Waals surface area contributed by atoms with Crippen molar-refractivity contribution in [1.29, 1.82) is 0 Å². The second-order valence-corrected chi connectivity index (χ2v) is 7.82. The molecule has 0 bridgehead atoms. The Hall–Kier alpha value is -2.54. The lowest BCUT2D eigenvalue weighted by Crippen LogP contribution is -2.65. The summed E-state index contributed by atoms with van der Waals surface area (Å²) in [6, 6.07) is 5.18. The van der Waals surface area contributed by atoms with Gasteiger partial charge in [-0.15, -0.1) is 0 Å². The molecule has 0 aromatic heterocycles. The molecule has 1 heterocycles. The van der Waals surface area contributed by atoms with Crippen molar-refractivity contribution >= 4 is 17.3 Å². The molecule has 180 valence electrons. The van der Waals surface area contributed by atoms with Crippen LogP contribution in [-0.2, 0) is 4.74 Å². The molecule has 2 aromatic rings. The van der Waals surface area contributed by atoms with E-state index in [9.17, 15) is 28.5 Å². The van der Waals surface area contributed by atoms with Crippen molar-refractivity contribution in [3.8, 4) is 5.75 Å². The minimum atomic E-state index is -1.62. The van der Waals surface area contributed by atoms with Gasteiger partial charge in [-0.2, -0.15) is 0 Å². The molecule has 5 atom stereocenters. The molecular weight excluding hydrogens is 467 g/mol. The maximum absolute atomic E-state index is 13.6. The van der Waals surface area contributed by atoms with Crippen LogP contribution in [0.5, 0.6) is 5.75 Å². The van der Waals surface area contributed by atoms with Crippen molar-refractivity contribution in [1.82, 2.24) is 10.7 Å². The molecule has 12 heteroatoms. The van der Waals surface area contributed by atoms with Gasteiger partial charge in [-0.1, -0.05) is 11.6 Å². The monoisotopic (exact) mass is 490 g/mol. The summed E-state index contributed by atoms with van der Waals surface area (Å²) in [6.45, 7) is 1.18. The Morgan fingerprint density at radius 3 is 2.42 bits per heavy atom. The van der Waals surface area contributed by atoms with Gasteiger partial charge in [0.1, 0.15) is 29.8 Å². The summed E-state index contributed by atoms with van der Waals surface area (Å²) in [5, 5.41) is 34.1. The van der Waals surface area contributed by atoms with Gasteiger partial charge < -0.3 is 30.1 Å². The molecule has 3 rings (SSSR count). The van der Waals surface area contributed by atoms with E-state index < -0.39 is 54.7 Å². The van der Waals surface area contributed by atoms with E-state index >= 15 is 0 Å². The average Bonchev–Trinajstić information content (AvgIpc) is 2.78. The van der Waals surface area contributed by atoms with Gasteiger partial charge in [0, 0.05) is 16.8 Å². The van der Waals surface area contributed by atoms with Crippen LogP contribution in [0.4, 0.5) is 13.2 Å². The van der Waals surface area contributed by atoms with Crippen LogP contribution in [0, 0.1) is 24.4 Å². The van der Waals surface area contributed by atoms with Gasteiger partial charge >= 0.3 is 0 Å². The molecule has 8 N–H and O–H groups in total. The predicted octanol–water partition coefficient (Wildman–Crippen LogP) is 0.587. The zero-order valence-electron chi connectivity index (χ0n) is 17.4. The topological polar surface area (TPSA) is 131 Å². The summed E-state index contributed by atoms with van der Waals surface area (Å²) >= 11 is 6.01. The van der Waals surface area contributed by atoms with Crippen molar-refractivity contribution < 1.29 is 43.8 Å². The second-order valence-electron chi connectivity index (χ2n) is 7.42. The van der Waals surface area contributed by atoms with Gasteiger partial charge in [-0.25, -0.2) is 18.6 Å². The lowest BCUT2D eigenvalue weighted by molar-refractivity contribution is -0.423. The zero-order valence-corrected chi connectivity index (χ0v) is 18.2. The highest BCUT2D eigenvalue weighted by Crippen LogP contribution is 2.27. The first-order valence-electron chi connectivity index (χ1n) is 9.85. The van der Waals surface area contributed by atoms with Gasteiger partial charge in [0.15, 0.2) is 17.5 Å². The Labute approximate surface area is 192 Å². The maximum atomic E-state index is 13.6. The molecule has 1 fully saturated rings. The smallest absolute Gasteiger partial charge is 0.228 e. The van der Waals surface area contributed by atoms with E-state index in [4.69, 9.17) is 21.1 Å². The molecule has 0 radical (unpaired) electrons. The fraction of sp³-hybridized carbons (Fsp3) is 0.333. The SMILES string of the molecule is Cc1cc(OC2OC(CO)C(O)C(NC=C(N[NH3+])c3cc(F)c(F)c(F)c3)C2O)ccc1Cl. The number of halogens is 4. The Kier molecular flexibility index (Phi) is 8.05. The number of benzene rings is 2. The zero-order chi connectivity index (χ0) is 24.3. The van der Waals surface area contributed by atoms with E-state index in [1.54, 1.807) is 25.1 Å². The minimum Gasteiger partial charge on any atom is -0.462 e. The molecule has 1 aliphatic rings. The first kappa shape index (κ1) is 25.1. The van der Waals surface area contributed by atoms with Crippen LogP contribution in [0.3, 0.4) is 0 Å². The number of aryl methyl sites for hydroxylation is 1. The Balaban J connectivity index is 1.84. The van der Waals surface area contributed by atoms with Gasteiger partial charge in [-0.3, -0.25) is 5.84 Å². The minimum absolute atomic E-state index is 0.0324. The summed E-state index contributed by atoms with van der Waals surface area (Å²) < 4.78 is 51.7. The molecular formula is C21H24ClF3N3O5+. The maximum Gasteiger partial charge on any atom is 0.228 e. The molecule has 1 saturated heterocycles. The highest BCUT2D eigenvalue weighted by atomic mass is 35.5. The van der Waals surface area contributed by atoms with Crippen LogP contribution in [0.25, 0.3) is 5.70 Å². The van der Waals surface area contributed by atoms with E-state index in [1.165, 1.54) is 6.20 Å². The molecule has 0 spiro atoms. The number of quaternary nitrogens is 1. The van der Waals surface area contributed by atoms with Crippen molar-refractivity contribution in [2.75, 3.05) is 6.61 Å². The summed E-state index contributed by atoms with van der Waals surface area (Å²) in [6.07, 6.45) is -4.04. The van der Waals surface area contributed by atoms with E-state index in [2.05, 4.69) is 16.6 Å². The molecule has 0 saturated carbocycles. The number of aliphatic hydroxyl groups excluding tert-OH is 3. The summed E-state index contributed by atoms with van der Waals surface area (Å²) in [4.78, 5) is 0. The predicted molar refractivity (Wildman–Crippen MR) is 112 cm³/mol. The summed E-state index contributed by atoms with van der Waals surface area (Å²) in [5.41, 5.74) is 3.13. The molecule has 33 heavy (non-hydrogen) atoms. The first-order chi connectivity index (χ1) is 15.7. The Morgan fingerprint density at radius 1 is 1.18 bits per heavy atom. The molecule has 8 nitrogen and oxygen atoms in total. The van der Waals surface area contributed by atoms with Gasteiger partial charge in [-0.05, 0) is 42.8 Å². The van der Waals surface area contributed by atoms with Crippen molar-refractivity contribution in [2.45, 2.75) is 37.6 Å². The van der Waals surface area contributed by atoms with E-state index in [-0.39, 0.29) is 11.3 Å². The normalized spacial score (nSPS) is 25.6. The third kappa shape index (κ3) is 5.52. The van der Waals surface area contributed by atoms with Crippen LogP contribution in [0.1, 0.15) is 11.1 Å². The highest BCUT2D eigenvalue weighted by molar-refractivity contribution is 6.31. The van der Waals surface area contributed by atoms with Gasteiger partial charge in [0.25, 0.3) is 0 Å². The van der Waals surface area contributed by atoms with Crippen LogP contribution in [0.15, 0.2) is 36.5 Å². The third-order valence-electron chi connectivity index (χ3n) is 5.17. The molecule has 0 aliphatic carbocycles. The molecule has 0 amide bonds. The first-order valence-corrected chi connectivity index (χ1v) is 10.2. The number of aliphatic hydroxyl groups is 3. The van der Waals surface area contributed by atoms with E-state index in [0.717, 1.165) is 17.7 Å². The largest absolute Gasteiger partial charge is 0.462 e. The standard InChI is InChI=1S/C21H23ClF3N3O5/c1-9-4-11(2-3-12(9)22)32-21-20(31)18(19(30)16(8-29)33-21)27-7-15(28-26)10-5-13(23)17(25)14(24)6-10/h2-7,16,18-21,27-31H,8,26H2,1H3/p+1. The van der Waals surface area contributed by atoms with Gasteiger partial charge in [0.2, 0.25) is 6.29 Å². The number of nitrogens with one attached hydrogen (secondary N) is 2. The molecule has 2 aromatic carbocycles. The lowest BCUT2D eigenvalue weighted by Gasteiger charge is -2.42. The average molecular weight is 491 g/mol. The number of hydrogen-bond acceptors (Lipinski definition) is 7. The quantitative estimate of drug-likeness (QED) is 0.247. The Morgan fingerprint density at radius 2 is 1.85 bits per heavy atom. The fourth-order valence-corrected chi connectivity index (χ4v) is 3.45. The number of hydrogen-bond donors (Lipinski definition) is 6. The third-order valence-corrected chi connectivity index (χ3v) is 5.60. The molecule has 5 unspecified atom stereocenters. The van der Waals surface area contributed by atoms with Crippen LogP contribution < -0.4 is 21.3 Å².